The zero-order valence-corrected chi connectivity index (χ0v) is 15.1. The van der Waals surface area contributed by atoms with Gasteiger partial charge in [0.25, 0.3) is 0 Å². The van der Waals surface area contributed by atoms with Crippen LogP contribution in [-0.2, 0) is 11.3 Å². The number of rotatable bonds is 5. The van der Waals surface area contributed by atoms with Gasteiger partial charge in [0.15, 0.2) is 5.65 Å². The molecule has 0 aliphatic heterocycles. The Labute approximate surface area is 152 Å². The van der Waals surface area contributed by atoms with Crippen LogP contribution in [0, 0.1) is 0 Å². The molecule has 0 atom stereocenters. The van der Waals surface area contributed by atoms with Crippen molar-refractivity contribution in [3.63, 3.8) is 0 Å². The standard InChI is InChI=1S/C17H15N5OS2/c1-22(8-11-6-7-24-9-11)14(23)10-25-17-19-16-15(20-21-17)12-4-2-3-5-13(12)18-16/h2-7,9H,8,10H2,1H3,(H,18,19,21). The van der Waals surface area contributed by atoms with E-state index in [2.05, 4.69) is 20.2 Å². The molecule has 0 spiro atoms. The zero-order chi connectivity index (χ0) is 17.2. The third-order valence-electron chi connectivity index (χ3n) is 3.85. The molecule has 0 bridgehead atoms. The first-order valence-corrected chi connectivity index (χ1v) is 9.62. The summed E-state index contributed by atoms with van der Waals surface area (Å²) in [5, 5.41) is 14.0. The Bertz CT molecular complexity index is 1030. The molecule has 1 amide bonds. The van der Waals surface area contributed by atoms with Crippen LogP contribution < -0.4 is 0 Å². The van der Waals surface area contributed by atoms with Gasteiger partial charge in [0.05, 0.1) is 5.75 Å². The normalized spacial score (nSPS) is 11.2. The van der Waals surface area contributed by atoms with Crippen LogP contribution in [0.5, 0.6) is 0 Å². The molecule has 1 aromatic carbocycles. The Morgan fingerprint density at radius 3 is 3.00 bits per heavy atom. The number of nitrogens with zero attached hydrogens (tertiary/aromatic N) is 4. The lowest BCUT2D eigenvalue weighted by atomic mass is 10.2. The summed E-state index contributed by atoms with van der Waals surface area (Å²) in [7, 11) is 1.81. The molecule has 4 rings (SSSR count). The molecule has 1 N–H and O–H groups in total. The van der Waals surface area contributed by atoms with Crippen LogP contribution in [0.3, 0.4) is 0 Å². The highest BCUT2D eigenvalue weighted by Crippen LogP contribution is 2.23. The van der Waals surface area contributed by atoms with Gasteiger partial charge in [0, 0.05) is 24.5 Å². The number of thiophene rings is 1. The van der Waals surface area contributed by atoms with Crippen LogP contribution in [0.4, 0.5) is 0 Å². The number of hydrogen-bond acceptors (Lipinski definition) is 6. The van der Waals surface area contributed by atoms with E-state index in [1.807, 2.05) is 41.1 Å². The number of nitrogens with one attached hydrogen (secondary N) is 1. The van der Waals surface area contributed by atoms with Crippen LogP contribution in [0.25, 0.3) is 22.1 Å². The van der Waals surface area contributed by atoms with Crippen molar-refractivity contribution in [2.45, 2.75) is 11.7 Å². The first-order chi connectivity index (χ1) is 12.2. The van der Waals surface area contributed by atoms with Crippen molar-refractivity contribution in [1.29, 1.82) is 0 Å². The van der Waals surface area contributed by atoms with Gasteiger partial charge < -0.3 is 9.88 Å². The molecule has 25 heavy (non-hydrogen) atoms. The summed E-state index contributed by atoms with van der Waals surface area (Å²) in [4.78, 5) is 21.7. The van der Waals surface area contributed by atoms with Crippen LogP contribution in [0.2, 0.25) is 0 Å². The van der Waals surface area contributed by atoms with Gasteiger partial charge in [0.1, 0.15) is 5.52 Å². The molecule has 0 saturated heterocycles. The quantitative estimate of drug-likeness (QED) is 0.546. The number of hydrogen-bond donors (Lipinski definition) is 1. The molecule has 126 valence electrons. The first kappa shape index (κ1) is 16.0. The van der Waals surface area contributed by atoms with E-state index in [9.17, 15) is 4.79 Å². The molecule has 0 aliphatic carbocycles. The summed E-state index contributed by atoms with van der Waals surface area (Å²) in [5.74, 6) is 0.324. The molecular weight excluding hydrogens is 354 g/mol. The van der Waals surface area contributed by atoms with Gasteiger partial charge in [-0.2, -0.15) is 11.3 Å². The Hall–Kier alpha value is -2.45. The number of benzene rings is 1. The molecule has 0 saturated carbocycles. The summed E-state index contributed by atoms with van der Waals surface area (Å²) in [6, 6.07) is 9.91. The number of thioether (sulfide) groups is 1. The summed E-state index contributed by atoms with van der Waals surface area (Å²) < 4.78 is 0. The molecular formula is C17H15N5OS2. The number of fused-ring (bicyclic) bond motifs is 3. The van der Waals surface area contributed by atoms with Crippen LogP contribution in [0.15, 0.2) is 46.2 Å². The van der Waals surface area contributed by atoms with Crippen molar-refractivity contribution >= 4 is 51.1 Å². The van der Waals surface area contributed by atoms with Crippen LogP contribution in [0.1, 0.15) is 5.56 Å². The molecule has 8 heteroatoms. The molecule has 3 heterocycles. The maximum absolute atomic E-state index is 12.3. The lowest BCUT2D eigenvalue weighted by molar-refractivity contribution is -0.127. The summed E-state index contributed by atoms with van der Waals surface area (Å²) >= 11 is 2.93. The maximum Gasteiger partial charge on any atom is 0.233 e. The second-order valence-electron chi connectivity index (χ2n) is 5.63. The number of carbonyl (C=O) groups is 1. The molecule has 3 aromatic heterocycles. The lowest BCUT2D eigenvalue weighted by Gasteiger charge is -2.15. The number of carbonyl (C=O) groups excluding carboxylic acids is 1. The van der Waals surface area contributed by atoms with Crippen LogP contribution in [-0.4, -0.2) is 43.8 Å². The predicted octanol–water partition coefficient (Wildman–Crippen LogP) is 3.32. The Morgan fingerprint density at radius 1 is 1.28 bits per heavy atom. The third-order valence-corrected chi connectivity index (χ3v) is 5.41. The fourth-order valence-electron chi connectivity index (χ4n) is 2.55. The van der Waals surface area contributed by atoms with Crippen molar-refractivity contribution in [3.8, 4) is 0 Å². The Morgan fingerprint density at radius 2 is 2.16 bits per heavy atom. The third kappa shape index (κ3) is 3.35. The summed E-state index contributed by atoms with van der Waals surface area (Å²) in [5.41, 5.74) is 3.56. The van der Waals surface area contributed by atoms with Gasteiger partial charge in [-0.05, 0) is 28.5 Å². The van der Waals surface area contributed by atoms with Crippen molar-refractivity contribution in [2.24, 2.45) is 0 Å². The number of H-pyrrole nitrogens is 1. The highest BCUT2D eigenvalue weighted by molar-refractivity contribution is 7.99. The monoisotopic (exact) mass is 369 g/mol. The van der Waals surface area contributed by atoms with Gasteiger partial charge in [-0.25, -0.2) is 4.98 Å². The molecule has 4 aromatic rings. The highest BCUT2D eigenvalue weighted by atomic mass is 32.2. The van der Waals surface area contributed by atoms with E-state index < -0.39 is 0 Å². The number of amides is 1. The van der Waals surface area contributed by atoms with Crippen molar-refractivity contribution in [1.82, 2.24) is 25.1 Å². The van der Waals surface area contributed by atoms with E-state index in [1.165, 1.54) is 11.8 Å². The minimum atomic E-state index is 0.0385. The molecule has 6 nitrogen and oxygen atoms in total. The fraction of sp³-hybridized carbons (Fsp3) is 0.176. The van der Waals surface area contributed by atoms with E-state index in [0.717, 1.165) is 22.0 Å². The topological polar surface area (TPSA) is 74.8 Å². The minimum Gasteiger partial charge on any atom is -0.341 e. The fourth-order valence-corrected chi connectivity index (χ4v) is 3.94. The number of aromatic amines is 1. The summed E-state index contributed by atoms with van der Waals surface area (Å²) in [6.45, 7) is 0.614. The van der Waals surface area contributed by atoms with E-state index in [0.29, 0.717) is 17.3 Å². The average Bonchev–Trinajstić information content (AvgIpc) is 3.26. The van der Waals surface area contributed by atoms with E-state index in [-0.39, 0.29) is 11.7 Å². The summed E-state index contributed by atoms with van der Waals surface area (Å²) in [6.07, 6.45) is 0. The number of aromatic nitrogens is 4. The number of para-hydroxylation sites is 1. The molecule has 0 aliphatic rings. The first-order valence-electron chi connectivity index (χ1n) is 7.69. The second kappa shape index (κ2) is 6.81. The molecule has 0 fully saturated rings. The zero-order valence-electron chi connectivity index (χ0n) is 13.5. The van der Waals surface area contributed by atoms with Crippen molar-refractivity contribution in [2.75, 3.05) is 12.8 Å². The lowest BCUT2D eigenvalue weighted by Crippen LogP contribution is -2.27. The highest BCUT2D eigenvalue weighted by Gasteiger charge is 2.13. The van der Waals surface area contributed by atoms with Gasteiger partial charge in [0.2, 0.25) is 11.1 Å². The van der Waals surface area contributed by atoms with E-state index >= 15 is 0 Å². The predicted molar refractivity (Wildman–Crippen MR) is 101 cm³/mol. The largest absolute Gasteiger partial charge is 0.341 e. The van der Waals surface area contributed by atoms with Gasteiger partial charge in [-0.1, -0.05) is 30.0 Å². The Balaban J connectivity index is 1.45. The Kier molecular flexibility index (Phi) is 4.37. The van der Waals surface area contributed by atoms with E-state index in [1.54, 1.807) is 23.3 Å². The smallest absolute Gasteiger partial charge is 0.233 e. The van der Waals surface area contributed by atoms with Gasteiger partial charge >= 0.3 is 0 Å². The second-order valence-corrected chi connectivity index (χ2v) is 7.35. The SMILES string of the molecule is CN(Cc1ccsc1)C(=O)CSc1nnc2c(n1)[nH]c1ccccc12. The van der Waals surface area contributed by atoms with Crippen LogP contribution >= 0.6 is 23.1 Å². The van der Waals surface area contributed by atoms with Gasteiger partial charge in [-0.15, -0.1) is 10.2 Å². The van der Waals surface area contributed by atoms with E-state index in [4.69, 9.17) is 0 Å². The maximum atomic E-state index is 12.3. The van der Waals surface area contributed by atoms with Crippen molar-refractivity contribution in [3.05, 3.63) is 46.7 Å². The molecule has 0 unspecified atom stereocenters. The van der Waals surface area contributed by atoms with Gasteiger partial charge in [-0.3, -0.25) is 4.79 Å². The van der Waals surface area contributed by atoms with Crippen molar-refractivity contribution < 1.29 is 4.79 Å². The average molecular weight is 369 g/mol. The molecule has 0 radical (unpaired) electrons. The minimum absolute atomic E-state index is 0.0385.